The lowest BCUT2D eigenvalue weighted by Gasteiger charge is -2.26. The van der Waals surface area contributed by atoms with Crippen molar-refractivity contribution >= 4 is 11.6 Å². The highest BCUT2D eigenvalue weighted by Crippen LogP contribution is 2.39. The molecule has 0 aromatic carbocycles. The van der Waals surface area contributed by atoms with E-state index in [2.05, 4.69) is 31.0 Å². The maximum Gasteiger partial charge on any atom is 0.137 e. The molecule has 21 heavy (non-hydrogen) atoms. The Hall–Kier alpha value is -1.32. The standard InChI is InChI=1S/C17H28N4/c1-4-10-18-16-12(3)17(20-15(5-2)19-16)21(14-8-9-14)11-13-6-7-13/h13-14H,4-11H2,1-3H3,(H,18,19,20). The van der Waals surface area contributed by atoms with Gasteiger partial charge >= 0.3 is 0 Å². The Labute approximate surface area is 128 Å². The number of hydrogen-bond donors (Lipinski definition) is 1. The third-order valence-electron chi connectivity index (χ3n) is 4.44. The number of rotatable bonds is 8. The van der Waals surface area contributed by atoms with Crippen LogP contribution in [0.3, 0.4) is 0 Å². The first-order valence-corrected chi connectivity index (χ1v) is 8.61. The van der Waals surface area contributed by atoms with Gasteiger partial charge < -0.3 is 10.2 Å². The molecule has 116 valence electrons. The van der Waals surface area contributed by atoms with Gasteiger partial charge in [0, 0.05) is 31.1 Å². The van der Waals surface area contributed by atoms with Crippen LogP contribution in [0.15, 0.2) is 0 Å². The van der Waals surface area contributed by atoms with E-state index in [4.69, 9.17) is 9.97 Å². The predicted octanol–water partition coefficient (Wildman–Crippen LogP) is 3.55. The van der Waals surface area contributed by atoms with E-state index in [1.807, 2.05) is 0 Å². The zero-order valence-electron chi connectivity index (χ0n) is 13.7. The molecule has 0 atom stereocenters. The average Bonchev–Trinajstić information content (AvgIpc) is 3.37. The zero-order chi connectivity index (χ0) is 14.8. The van der Waals surface area contributed by atoms with Crippen molar-refractivity contribution in [3.8, 4) is 0 Å². The monoisotopic (exact) mass is 288 g/mol. The Bertz CT molecular complexity index is 492. The van der Waals surface area contributed by atoms with Crippen molar-refractivity contribution in [2.45, 2.75) is 65.3 Å². The number of aromatic nitrogens is 2. The van der Waals surface area contributed by atoms with Crippen molar-refractivity contribution in [3.63, 3.8) is 0 Å². The molecule has 0 unspecified atom stereocenters. The molecule has 3 rings (SSSR count). The molecule has 4 nitrogen and oxygen atoms in total. The van der Waals surface area contributed by atoms with Crippen molar-refractivity contribution in [2.75, 3.05) is 23.3 Å². The van der Waals surface area contributed by atoms with E-state index in [1.165, 1.54) is 43.6 Å². The SMILES string of the molecule is CCCNc1nc(CC)nc(N(CC2CC2)C2CC2)c1C. The summed E-state index contributed by atoms with van der Waals surface area (Å²) in [6.45, 7) is 8.68. The van der Waals surface area contributed by atoms with Gasteiger partial charge in [0.1, 0.15) is 17.5 Å². The molecular formula is C17H28N4. The van der Waals surface area contributed by atoms with Gasteiger partial charge in [-0.15, -0.1) is 0 Å². The van der Waals surface area contributed by atoms with Gasteiger partial charge in [-0.2, -0.15) is 0 Å². The first-order valence-electron chi connectivity index (χ1n) is 8.61. The Balaban J connectivity index is 1.89. The molecule has 0 saturated heterocycles. The minimum atomic E-state index is 0.725. The van der Waals surface area contributed by atoms with Gasteiger partial charge in [-0.1, -0.05) is 13.8 Å². The van der Waals surface area contributed by atoms with Gasteiger partial charge in [-0.05, 0) is 44.9 Å². The summed E-state index contributed by atoms with van der Waals surface area (Å²) in [5.74, 6) is 4.10. The van der Waals surface area contributed by atoms with Crippen molar-refractivity contribution in [3.05, 3.63) is 11.4 Å². The Kier molecular flexibility index (Phi) is 4.32. The second-order valence-corrected chi connectivity index (χ2v) is 6.54. The van der Waals surface area contributed by atoms with Crippen LogP contribution in [0.1, 0.15) is 57.3 Å². The van der Waals surface area contributed by atoms with Crippen molar-refractivity contribution in [1.29, 1.82) is 0 Å². The van der Waals surface area contributed by atoms with Crippen molar-refractivity contribution < 1.29 is 0 Å². The molecule has 0 aliphatic heterocycles. The average molecular weight is 288 g/mol. The number of hydrogen-bond acceptors (Lipinski definition) is 4. The van der Waals surface area contributed by atoms with Crippen LogP contribution in [0.4, 0.5) is 11.6 Å². The fourth-order valence-corrected chi connectivity index (χ4v) is 2.78. The van der Waals surface area contributed by atoms with Gasteiger partial charge in [0.15, 0.2) is 0 Å². The molecule has 0 bridgehead atoms. The molecule has 0 radical (unpaired) electrons. The van der Waals surface area contributed by atoms with E-state index >= 15 is 0 Å². The lowest BCUT2D eigenvalue weighted by Crippen LogP contribution is -2.30. The van der Waals surface area contributed by atoms with E-state index in [1.54, 1.807) is 0 Å². The Morgan fingerprint density at radius 1 is 1.14 bits per heavy atom. The number of nitrogens with one attached hydrogen (secondary N) is 1. The molecule has 2 fully saturated rings. The van der Waals surface area contributed by atoms with Crippen LogP contribution in [-0.2, 0) is 6.42 Å². The quantitative estimate of drug-likeness (QED) is 0.794. The predicted molar refractivity (Wildman–Crippen MR) is 88.0 cm³/mol. The minimum absolute atomic E-state index is 0.725. The maximum atomic E-state index is 4.88. The van der Waals surface area contributed by atoms with Gasteiger partial charge in [0.2, 0.25) is 0 Å². The number of anilines is 2. The molecule has 1 N–H and O–H groups in total. The molecule has 4 heteroatoms. The molecule has 1 aromatic heterocycles. The summed E-state index contributed by atoms with van der Waals surface area (Å²) in [5, 5.41) is 3.48. The van der Waals surface area contributed by atoms with Gasteiger partial charge in [-0.3, -0.25) is 0 Å². The highest BCUT2D eigenvalue weighted by molar-refractivity contribution is 5.59. The van der Waals surface area contributed by atoms with Gasteiger partial charge in [-0.25, -0.2) is 9.97 Å². The lowest BCUT2D eigenvalue weighted by molar-refractivity contribution is 0.700. The lowest BCUT2D eigenvalue weighted by atomic mass is 10.2. The van der Waals surface area contributed by atoms with E-state index in [-0.39, 0.29) is 0 Å². The molecular weight excluding hydrogens is 260 g/mol. The van der Waals surface area contributed by atoms with Gasteiger partial charge in [0.25, 0.3) is 0 Å². The summed E-state index contributed by atoms with van der Waals surface area (Å²) in [4.78, 5) is 12.1. The summed E-state index contributed by atoms with van der Waals surface area (Å²) in [6, 6.07) is 0.725. The van der Waals surface area contributed by atoms with Crippen LogP contribution < -0.4 is 10.2 Å². The van der Waals surface area contributed by atoms with Crippen LogP contribution in [0, 0.1) is 12.8 Å². The highest BCUT2D eigenvalue weighted by Gasteiger charge is 2.35. The third-order valence-corrected chi connectivity index (χ3v) is 4.44. The third kappa shape index (κ3) is 3.47. The second-order valence-electron chi connectivity index (χ2n) is 6.54. The largest absolute Gasteiger partial charge is 0.370 e. The smallest absolute Gasteiger partial charge is 0.137 e. The summed E-state index contributed by atoms with van der Waals surface area (Å²) in [5.41, 5.74) is 1.23. The van der Waals surface area contributed by atoms with E-state index < -0.39 is 0 Å². The summed E-state index contributed by atoms with van der Waals surface area (Å²) >= 11 is 0. The Morgan fingerprint density at radius 2 is 1.90 bits per heavy atom. The van der Waals surface area contributed by atoms with Gasteiger partial charge in [0.05, 0.1) is 0 Å². The first-order chi connectivity index (χ1) is 10.2. The fourth-order valence-electron chi connectivity index (χ4n) is 2.78. The van der Waals surface area contributed by atoms with Crippen LogP contribution in [0.5, 0.6) is 0 Å². The van der Waals surface area contributed by atoms with E-state index in [9.17, 15) is 0 Å². The Morgan fingerprint density at radius 3 is 2.48 bits per heavy atom. The fraction of sp³-hybridized carbons (Fsp3) is 0.765. The van der Waals surface area contributed by atoms with E-state index in [0.717, 1.165) is 43.0 Å². The second kappa shape index (κ2) is 6.20. The zero-order valence-corrected chi connectivity index (χ0v) is 13.7. The van der Waals surface area contributed by atoms with Crippen molar-refractivity contribution in [1.82, 2.24) is 9.97 Å². The normalized spacial score (nSPS) is 17.9. The molecule has 0 amide bonds. The van der Waals surface area contributed by atoms with Crippen LogP contribution in [0.25, 0.3) is 0 Å². The van der Waals surface area contributed by atoms with E-state index in [0.29, 0.717) is 0 Å². The summed E-state index contributed by atoms with van der Waals surface area (Å²) < 4.78 is 0. The topological polar surface area (TPSA) is 41.1 Å². The highest BCUT2D eigenvalue weighted by atomic mass is 15.3. The molecule has 0 spiro atoms. The maximum absolute atomic E-state index is 4.88. The van der Waals surface area contributed by atoms with Crippen molar-refractivity contribution in [2.24, 2.45) is 5.92 Å². The molecule has 2 aliphatic rings. The summed E-state index contributed by atoms with van der Waals surface area (Å²) in [6.07, 6.45) is 7.47. The van der Waals surface area contributed by atoms with Crippen LogP contribution in [0.2, 0.25) is 0 Å². The minimum Gasteiger partial charge on any atom is -0.370 e. The molecule has 2 saturated carbocycles. The van der Waals surface area contributed by atoms with Crippen LogP contribution in [-0.4, -0.2) is 29.1 Å². The molecule has 1 aromatic rings. The number of aryl methyl sites for hydroxylation is 1. The molecule has 1 heterocycles. The number of nitrogens with zero attached hydrogens (tertiary/aromatic N) is 3. The van der Waals surface area contributed by atoms with Crippen LogP contribution >= 0.6 is 0 Å². The first kappa shape index (κ1) is 14.6. The summed E-state index contributed by atoms with van der Waals surface area (Å²) in [7, 11) is 0. The molecule has 2 aliphatic carbocycles.